The second kappa shape index (κ2) is 8.00. The highest BCUT2D eigenvalue weighted by molar-refractivity contribution is 7.89. The van der Waals surface area contributed by atoms with E-state index in [1.807, 2.05) is 11.8 Å². The third kappa shape index (κ3) is 4.28. The molecule has 0 bridgehead atoms. The first-order valence-corrected chi connectivity index (χ1v) is 9.23. The van der Waals surface area contributed by atoms with Crippen LogP contribution >= 0.6 is 0 Å². The minimum Gasteiger partial charge on any atom is -0.355 e. The standard InChI is InChI=1S/C15H21F2N3O3S/c1-2-6-18-14(21)11-19-7-9-20(10-8-19)24(22,23)15-12(16)4-3-5-13(15)17/h3-5H,2,6-11H2,1H3,(H,18,21). The third-order valence-electron chi connectivity index (χ3n) is 3.79. The highest BCUT2D eigenvalue weighted by Crippen LogP contribution is 2.23. The molecule has 1 saturated heterocycles. The van der Waals surface area contributed by atoms with Gasteiger partial charge in [-0.15, -0.1) is 0 Å². The number of rotatable bonds is 6. The van der Waals surface area contributed by atoms with E-state index in [2.05, 4.69) is 5.32 Å². The molecule has 0 saturated carbocycles. The number of amides is 1. The fourth-order valence-corrected chi connectivity index (χ4v) is 4.04. The Balaban J connectivity index is 2.00. The number of sulfonamides is 1. The molecule has 0 atom stereocenters. The molecule has 6 nitrogen and oxygen atoms in total. The van der Waals surface area contributed by atoms with E-state index in [9.17, 15) is 22.0 Å². The van der Waals surface area contributed by atoms with Gasteiger partial charge in [0.25, 0.3) is 0 Å². The van der Waals surface area contributed by atoms with Crippen molar-refractivity contribution >= 4 is 15.9 Å². The lowest BCUT2D eigenvalue weighted by molar-refractivity contribution is -0.122. The Hall–Kier alpha value is -1.58. The quantitative estimate of drug-likeness (QED) is 0.814. The number of nitrogens with one attached hydrogen (secondary N) is 1. The van der Waals surface area contributed by atoms with Crippen molar-refractivity contribution in [3.63, 3.8) is 0 Å². The Bertz CT molecular complexity index is 669. The first kappa shape index (κ1) is 18.8. The van der Waals surface area contributed by atoms with Crippen LogP contribution in [0.25, 0.3) is 0 Å². The van der Waals surface area contributed by atoms with Gasteiger partial charge in [0.1, 0.15) is 11.6 Å². The molecule has 24 heavy (non-hydrogen) atoms. The summed E-state index contributed by atoms with van der Waals surface area (Å²) in [6.07, 6.45) is 0.839. The molecule has 9 heteroatoms. The monoisotopic (exact) mass is 361 g/mol. The number of benzene rings is 1. The second-order valence-corrected chi connectivity index (χ2v) is 7.46. The van der Waals surface area contributed by atoms with Crippen molar-refractivity contribution in [3.8, 4) is 0 Å². The maximum atomic E-state index is 13.8. The normalized spacial score (nSPS) is 17.0. The van der Waals surface area contributed by atoms with Gasteiger partial charge in [0, 0.05) is 32.7 Å². The Morgan fingerprint density at radius 1 is 1.17 bits per heavy atom. The molecule has 134 valence electrons. The number of halogens is 2. The Morgan fingerprint density at radius 2 is 1.75 bits per heavy atom. The van der Waals surface area contributed by atoms with Crippen molar-refractivity contribution in [2.75, 3.05) is 39.3 Å². The molecule has 1 aromatic carbocycles. The molecule has 1 fully saturated rings. The van der Waals surface area contributed by atoms with Crippen molar-refractivity contribution < 1.29 is 22.0 Å². The first-order valence-electron chi connectivity index (χ1n) is 7.79. The van der Waals surface area contributed by atoms with Crippen LogP contribution in [0.1, 0.15) is 13.3 Å². The van der Waals surface area contributed by atoms with Crippen LogP contribution in [0.2, 0.25) is 0 Å². The molecule has 1 heterocycles. The highest BCUT2D eigenvalue weighted by atomic mass is 32.2. The van der Waals surface area contributed by atoms with E-state index in [0.29, 0.717) is 19.6 Å². The van der Waals surface area contributed by atoms with E-state index in [0.717, 1.165) is 28.9 Å². The number of carbonyl (C=O) groups excluding carboxylic acids is 1. The lowest BCUT2D eigenvalue weighted by atomic mass is 10.3. The lowest BCUT2D eigenvalue weighted by Gasteiger charge is -2.33. The Kier molecular flexibility index (Phi) is 6.25. The van der Waals surface area contributed by atoms with E-state index >= 15 is 0 Å². The van der Waals surface area contributed by atoms with Crippen molar-refractivity contribution in [1.82, 2.24) is 14.5 Å². The van der Waals surface area contributed by atoms with Gasteiger partial charge in [-0.1, -0.05) is 13.0 Å². The van der Waals surface area contributed by atoms with Crippen molar-refractivity contribution in [2.45, 2.75) is 18.2 Å². The molecule has 1 amide bonds. The summed E-state index contributed by atoms with van der Waals surface area (Å²) in [4.78, 5) is 12.6. The zero-order valence-corrected chi connectivity index (χ0v) is 14.3. The average Bonchev–Trinajstić information content (AvgIpc) is 2.53. The molecular weight excluding hydrogens is 340 g/mol. The zero-order chi connectivity index (χ0) is 17.7. The average molecular weight is 361 g/mol. The molecule has 1 aliphatic heterocycles. The van der Waals surface area contributed by atoms with Crippen molar-refractivity contribution in [2.24, 2.45) is 0 Å². The van der Waals surface area contributed by atoms with Crippen LogP contribution < -0.4 is 5.32 Å². The number of hydrogen-bond donors (Lipinski definition) is 1. The van der Waals surface area contributed by atoms with E-state index in [-0.39, 0.29) is 25.5 Å². The van der Waals surface area contributed by atoms with E-state index in [1.54, 1.807) is 0 Å². The number of piperazine rings is 1. The van der Waals surface area contributed by atoms with E-state index in [4.69, 9.17) is 0 Å². The molecule has 0 radical (unpaired) electrons. The van der Waals surface area contributed by atoms with E-state index in [1.165, 1.54) is 0 Å². The fraction of sp³-hybridized carbons (Fsp3) is 0.533. The number of hydrogen-bond acceptors (Lipinski definition) is 4. The van der Waals surface area contributed by atoms with Gasteiger partial charge in [-0.2, -0.15) is 4.31 Å². The summed E-state index contributed by atoms with van der Waals surface area (Å²) in [5.41, 5.74) is 0. The van der Waals surface area contributed by atoms with Crippen LogP contribution in [0.15, 0.2) is 23.1 Å². The molecular formula is C15H21F2N3O3S. The van der Waals surface area contributed by atoms with Gasteiger partial charge in [0.2, 0.25) is 15.9 Å². The minimum atomic E-state index is -4.23. The summed E-state index contributed by atoms with van der Waals surface area (Å²) in [6, 6.07) is 2.96. The van der Waals surface area contributed by atoms with E-state index < -0.39 is 26.6 Å². The van der Waals surface area contributed by atoms with Crippen LogP contribution in [0, 0.1) is 11.6 Å². The van der Waals surface area contributed by atoms with Gasteiger partial charge >= 0.3 is 0 Å². The van der Waals surface area contributed by atoms with Gasteiger partial charge in [-0.05, 0) is 18.6 Å². The van der Waals surface area contributed by atoms with Gasteiger partial charge in [0.05, 0.1) is 6.54 Å². The molecule has 0 unspecified atom stereocenters. The molecule has 1 N–H and O–H groups in total. The fourth-order valence-electron chi connectivity index (χ4n) is 2.51. The smallest absolute Gasteiger partial charge is 0.249 e. The number of carbonyl (C=O) groups is 1. The van der Waals surface area contributed by atoms with Crippen molar-refractivity contribution in [3.05, 3.63) is 29.8 Å². The highest BCUT2D eigenvalue weighted by Gasteiger charge is 2.33. The summed E-state index contributed by atoms with van der Waals surface area (Å²) < 4.78 is 53.5. The minimum absolute atomic E-state index is 0.0805. The summed E-state index contributed by atoms with van der Waals surface area (Å²) in [7, 11) is -4.23. The summed E-state index contributed by atoms with van der Waals surface area (Å²) in [5.74, 6) is -2.32. The predicted molar refractivity (Wildman–Crippen MR) is 84.9 cm³/mol. The van der Waals surface area contributed by atoms with Crippen LogP contribution in [0.5, 0.6) is 0 Å². The van der Waals surface area contributed by atoms with Crippen LogP contribution in [0.3, 0.4) is 0 Å². The molecule has 2 rings (SSSR count). The van der Waals surface area contributed by atoms with Gasteiger partial charge in [-0.3, -0.25) is 9.69 Å². The van der Waals surface area contributed by atoms with Gasteiger partial charge < -0.3 is 5.32 Å². The summed E-state index contributed by atoms with van der Waals surface area (Å²) >= 11 is 0. The largest absolute Gasteiger partial charge is 0.355 e. The SMILES string of the molecule is CCCNC(=O)CN1CCN(S(=O)(=O)c2c(F)cccc2F)CC1. The Labute approximate surface area is 140 Å². The molecule has 1 aliphatic rings. The van der Waals surface area contributed by atoms with Crippen LogP contribution in [0.4, 0.5) is 8.78 Å². The molecule has 0 aromatic heterocycles. The number of nitrogens with zero attached hydrogens (tertiary/aromatic N) is 2. The molecule has 1 aromatic rings. The summed E-state index contributed by atoms with van der Waals surface area (Å²) in [5, 5.41) is 2.75. The molecule has 0 aliphatic carbocycles. The maximum absolute atomic E-state index is 13.8. The Morgan fingerprint density at radius 3 is 2.29 bits per heavy atom. The van der Waals surface area contributed by atoms with Crippen LogP contribution in [-0.2, 0) is 14.8 Å². The lowest BCUT2D eigenvalue weighted by Crippen LogP contribution is -2.51. The second-order valence-electron chi connectivity index (χ2n) is 5.58. The first-order chi connectivity index (χ1) is 11.4. The van der Waals surface area contributed by atoms with Crippen LogP contribution in [-0.4, -0.2) is 62.8 Å². The zero-order valence-electron chi connectivity index (χ0n) is 13.5. The predicted octanol–water partition coefficient (Wildman–Crippen LogP) is 0.797. The third-order valence-corrected chi connectivity index (χ3v) is 5.74. The van der Waals surface area contributed by atoms with Gasteiger partial charge in [-0.25, -0.2) is 17.2 Å². The summed E-state index contributed by atoms with van der Waals surface area (Å²) in [6.45, 7) is 3.55. The molecule has 0 spiro atoms. The maximum Gasteiger partial charge on any atom is 0.249 e. The van der Waals surface area contributed by atoms with Crippen molar-refractivity contribution in [1.29, 1.82) is 0 Å². The van der Waals surface area contributed by atoms with Gasteiger partial charge in [0.15, 0.2) is 4.90 Å². The topological polar surface area (TPSA) is 69.7 Å².